The van der Waals surface area contributed by atoms with E-state index < -0.39 is 29.1 Å². The standard InChI is InChI=1S/C16H15N3O5/c1-10-3-2-4-12(7-10)18-15(20)9-24-16(21)11-5-6-13(17)14(8-11)19(22)23/h2-8H,9,17H2,1H3,(H,18,20). The number of nitro groups is 1. The van der Waals surface area contributed by atoms with Crippen molar-refractivity contribution in [2.45, 2.75) is 6.92 Å². The van der Waals surface area contributed by atoms with Gasteiger partial charge in [-0.1, -0.05) is 12.1 Å². The van der Waals surface area contributed by atoms with Crippen molar-refractivity contribution in [2.75, 3.05) is 17.7 Å². The average molecular weight is 329 g/mol. The lowest BCUT2D eigenvalue weighted by Crippen LogP contribution is -2.21. The van der Waals surface area contributed by atoms with Gasteiger partial charge in [0.05, 0.1) is 10.5 Å². The third kappa shape index (κ3) is 4.29. The summed E-state index contributed by atoms with van der Waals surface area (Å²) in [6, 6.07) is 10.7. The second-order valence-electron chi connectivity index (χ2n) is 5.02. The third-order valence-electron chi connectivity index (χ3n) is 3.10. The highest BCUT2D eigenvalue weighted by molar-refractivity contribution is 5.96. The molecule has 8 heteroatoms. The van der Waals surface area contributed by atoms with Crippen molar-refractivity contribution in [1.29, 1.82) is 0 Å². The van der Waals surface area contributed by atoms with E-state index in [4.69, 9.17) is 10.5 Å². The lowest BCUT2D eigenvalue weighted by Gasteiger charge is -2.07. The van der Waals surface area contributed by atoms with Crippen LogP contribution in [0.15, 0.2) is 42.5 Å². The molecular formula is C16H15N3O5. The summed E-state index contributed by atoms with van der Waals surface area (Å²) < 4.78 is 4.85. The van der Waals surface area contributed by atoms with Crippen LogP contribution in [-0.2, 0) is 9.53 Å². The maximum atomic E-state index is 11.9. The fourth-order valence-corrected chi connectivity index (χ4v) is 1.96. The molecule has 0 aromatic heterocycles. The van der Waals surface area contributed by atoms with Gasteiger partial charge in [0.25, 0.3) is 11.6 Å². The highest BCUT2D eigenvalue weighted by atomic mass is 16.6. The predicted octanol–water partition coefficient (Wildman–Crippen LogP) is 2.28. The van der Waals surface area contributed by atoms with Gasteiger partial charge in [-0.2, -0.15) is 0 Å². The van der Waals surface area contributed by atoms with Crippen LogP contribution in [0.5, 0.6) is 0 Å². The van der Waals surface area contributed by atoms with Crippen molar-refractivity contribution in [3.8, 4) is 0 Å². The topological polar surface area (TPSA) is 125 Å². The third-order valence-corrected chi connectivity index (χ3v) is 3.10. The van der Waals surface area contributed by atoms with E-state index in [9.17, 15) is 19.7 Å². The van der Waals surface area contributed by atoms with Crippen LogP contribution in [-0.4, -0.2) is 23.4 Å². The van der Waals surface area contributed by atoms with Crippen LogP contribution in [0.4, 0.5) is 17.1 Å². The first-order chi connectivity index (χ1) is 11.4. The molecule has 1 amide bonds. The number of nitrogen functional groups attached to an aromatic ring is 1. The second-order valence-corrected chi connectivity index (χ2v) is 5.02. The molecule has 0 saturated heterocycles. The minimum Gasteiger partial charge on any atom is -0.452 e. The molecule has 0 bridgehead atoms. The maximum Gasteiger partial charge on any atom is 0.338 e. The number of hydrogen-bond acceptors (Lipinski definition) is 6. The van der Waals surface area contributed by atoms with E-state index in [0.717, 1.165) is 11.6 Å². The summed E-state index contributed by atoms with van der Waals surface area (Å²) in [6.07, 6.45) is 0. The number of aryl methyl sites for hydroxylation is 1. The number of anilines is 2. The number of benzene rings is 2. The SMILES string of the molecule is Cc1cccc(NC(=O)COC(=O)c2ccc(N)c([N+](=O)[O-])c2)c1. The summed E-state index contributed by atoms with van der Waals surface area (Å²) in [7, 11) is 0. The molecule has 0 fully saturated rings. The van der Waals surface area contributed by atoms with Crippen LogP contribution >= 0.6 is 0 Å². The zero-order valence-electron chi connectivity index (χ0n) is 12.8. The van der Waals surface area contributed by atoms with Crippen LogP contribution in [0.2, 0.25) is 0 Å². The number of nitrogens with two attached hydrogens (primary N) is 1. The number of esters is 1. The Kier molecular flexibility index (Phi) is 5.10. The van der Waals surface area contributed by atoms with E-state index in [1.807, 2.05) is 13.0 Å². The smallest absolute Gasteiger partial charge is 0.338 e. The normalized spacial score (nSPS) is 10.0. The number of ether oxygens (including phenoxy) is 1. The fourth-order valence-electron chi connectivity index (χ4n) is 1.96. The van der Waals surface area contributed by atoms with Gasteiger partial charge >= 0.3 is 5.97 Å². The number of nitro benzene ring substituents is 1. The maximum absolute atomic E-state index is 11.9. The van der Waals surface area contributed by atoms with E-state index in [1.54, 1.807) is 18.2 Å². The summed E-state index contributed by atoms with van der Waals surface area (Å²) in [6.45, 7) is 1.37. The number of rotatable bonds is 5. The number of carbonyl (C=O) groups excluding carboxylic acids is 2. The van der Waals surface area contributed by atoms with Crippen molar-refractivity contribution < 1.29 is 19.2 Å². The minimum absolute atomic E-state index is 0.0562. The molecule has 0 radical (unpaired) electrons. The number of carbonyl (C=O) groups is 2. The lowest BCUT2D eigenvalue weighted by atomic mass is 10.2. The summed E-state index contributed by atoms with van der Waals surface area (Å²) in [5, 5.41) is 13.4. The van der Waals surface area contributed by atoms with E-state index in [2.05, 4.69) is 5.32 Å². The molecule has 0 atom stereocenters. The van der Waals surface area contributed by atoms with Gasteiger partial charge < -0.3 is 15.8 Å². The zero-order chi connectivity index (χ0) is 17.7. The van der Waals surface area contributed by atoms with Crippen LogP contribution < -0.4 is 11.1 Å². The molecule has 2 aromatic rings. The molecule has 0 aliphatic heterocycles. The van der Waals surface area contributed by atoms with Gasteiger partial charge in [0.1, 0.15) is 5.69 Å². The van der Waals surface area contributed by atoms with Crippen molar-refractivity contribution >= 4 is 28.9 Å². The van der Waals surface area contributed by atoms with Gasteiger partial charge in [-0.05, 0) is 36.8 Å². The molecule has 0 saturated carbocycles. The van der Waals surface area contributed by atoms with E-state index in [1.165, 1.54) is 12.1 Å². The van der Waals surface area contributed by atoms with E-state index in [0.29, 0.717) is 5.69 Å². The molecule has 8 nitrogen and oxygen atoms in total. The van der Waals surface area contributed by atoms with Gasteiger partial charge in [-0.15, -0.1) is 0 Å². The summed E-state index contributed by atoms with van der Waals surface area (Å²) in [5.41, 5.74) is 6.49. The van der Waals surface area contributed by atoms with Crippen LogP contribution in [0, 0.1) is 17.0 Å². The number of nitrogens with one attached hydrogen (secondary N) is 1. The largest absolute Gasteiger partial charge is 0.452 e. The summed E-state index contributed by atoms with van der Waals surface area (Å²) in [4.78, 5) is 33.8. The predicted molar refractivity (Wildman–Crippen MR) is 87.6 cm³/mol. The van der Waals surface area contributed by atoms with Gasteiger partial charge in [-0.25, -0.2) is 4.79 Å². The molecule has 0 aliphatic carbocycles. The molecule has 0 spiro atoms. The van der Waals surface area contributed by atoms with Crippen molar-refractivity contribution in [3.05, 3.63) is 63.7 Å². The average Bonchev–Trinajstić information content (AvgIpc) is 2.52. The van der Waals surface area contributed by atoms with Crippen LogP contribution in [0.3, 0.4) is 0 Å². The number of nitrogens with zero attached hydrogens (tertiary/aromatic N) is 1. The number of hydrogen-bond donors (Lipinski definition) is 2. The Bertz CT molecular complexity index is 804. The molecule has 3 N–H and O–H groups in total. The van der Waals surface area contributed by atoms with E-state index in [-0.39, 0.29) is 11.3 Å². The molecule has 2 aromatic carbocycles. The van der Waals surface area contributed by atoms with E-state index >= 15 is 0 Å². The van der Waals surface area contributed by atoms with Crippen molar-refractivity contribution in [2.24, 2.45) is 0 Å². The molecule has 0 unspecified atom stereocenters. The highest BCUT2D eigenvalue weighted by Crippen LogP contribution is 2.22. The first-order valence-corrected chi connectivity index (χ1v) is 6.94. The zero-order valence-corrected chi connectivity index (χ0v) is 12.8. The first-order valence-electron chi connectivity index (χ1n) is 6.94. The lowest BCUT2D eigenvalue weighted by molar-refractivity contribution is -0.383. The Labute approximate surface area is 137 Å². The highest BCUT2D eigenvalue weighted by Gasteiger charge is 2.17. The fraction of sp³-hybridized carbons (Fsp3) is 0.125. The van der Waals surface area contributed by atoms with Gasteiger partial charge in [0, 0.05) is 11.8 Å². The van der Waals surface area contributed by atoms with Crippen molar-refractivity contribution in [3.63, 3.8) is 0 Å². The molecule has 0 aliphatic rings. The Morgan fingerprint density at radius 3 is 2.67 bits per heavy atom. The summed E-state index contributed by atoms with van der Waals surface area (Å²) >= 11 is 0. The second kappa shape index (κ2) is 7.23. The number of amides is 1. The van der Waals surface area contributed by atoms with Crippen LogP contribution in [0.1, 0.15) is 15.9 Å². The molecule has 24 heavy (non-hydrogen) atoms. The Hall–Kier alpha value is -3.42. The summed E-state index contributed by atoms with van der Waals surface area (Å²) in [5.74, 6) is -1.36. The molecule has 2 rings (SSSR count). The minimum atomic E-state index is -0.850. The van der Waals surface area contributed by atoms with Crippen molar-refractivity contribution in [1.82, 2.24) is 0 Å². The Morgan fingerprint density at radius 1 is 1.25 bits per heavy atom. The monoisotopic (exact) mass is 329 g/mol. The molecule has 124 valence electrons. The molecule has 0 heterocycles. The quantitative estimate of drug-likeness (QED) is 0.375. The first kappa shape index (κ1) is 16.9. The molecular weight excluding hydrogens is 314 g/mol. The van der Waals surface area contributed by atoms with Gasteiger partial charge in [-0.3, -0.25) is 14.9 Å². The van der Waals surface area contributed by atoms with Gasteiger partial charge in [0.15, 0.2) is 6.61 Å². The van der Waals surface area contributed by atoms with Gasteiger partial charge in [0.2, 0.25) is 0 Å². The van der Waals surface area contributed by atoms with Crippen LogP contribution in [0.25, 0.3) is 0 Å². The Balaban J connectivity index is 1.96. The Morgan fingerprint density at radius 2 is 2.00 bits per heavy atom.